The van der Waals surface area contributed by atoms with Crippen LogP contribution in [0.2, 0.25) is 0 Å². The first kappa shape index (κ1) is 17.0. The van der Waals surface area contributed by atoms with Crippen LogP contribution in [0.4, 0.5) is 0 Å². The Morgan fingerprint density at radius 3 is 2.58 bits per heavy atom. The van der Waals surface area contributed by atoms with Crippen molar-refractivity contribution in [1.82, 2.24) is 10.2 Å². The molecule has 4 nitrogen and oxygen atoms in total. The van der Waals surface area contributed by atoms with Gasteiger partial charge >= 0.3 is 0 Å². The summed E-state index contributed by atoms with van der Waals surface area (Å²) in [6.45, 7) is 2.06. The van der Waals surface area contributed by atoms with Crippen molar-refractivity contribution in [3.63, 3.8) is 0 Å². The molecular weight excluding hydrogens is 344 g/mol. The molecule has 2 heterocycles. The molecule has 0 atom stereocenters. The largest absolute Gasteiger partial charge is 0.457 e. The smallest absolute Gasteiger partial charge is 0.276 e. The van der Waals surface area contributed by atoms with Crippen LogP contribution in [0.3, 0.4) is 0 Å². The third kappa shape index (κ3) is 3.31. The molecule has 0 unspecified atom stereocenters. The van der Waals surface area contributed by atoms with Gasteiger partial charge in [-0.1, -0.05) is 49.1 Å². The Hall–Kier alpha value is -2.40. The predicted molar refractivity (Wildman–Crippen MR) is 106 cm³/mol. The molecule has 1 aliphatic heterocycles. The van der Waals surface area contributed by atoms with Crippen LogP contribution >= 0.6 is 12.2 Å². The number of carbonyl (C=O) groups excluding carboxylic acids is 1. The first-order valence-corrected chi connectivity index (χ1v) is 9.56. The number of hydrogen-bond acceptors (Lipinski definition) is 3. The molecular formula is C21H22N2O2S. The van der Waals surface area contributed by atoms with E-state index in [0.717, 1.165) is 37.0 Å². The van der Waals surface area contributed by atoms with E-state index < -0.39 is 0 Å². The van der Waals surface area contributed by atoms with E-state index in [2.05, 4.69) is 24.4 Å². The van der Waals surface area contributed by atoms with Crippen LogP contribution in [-0.2, 0) is 4.79 Å². The van der Waals surface area contributed by atoms with Crippen LogP contribution in [0.1, 0.15) is 43.4 Å². The Labute approximate surface area is 158 Å². The normalized spacial score (nSPS) is 20.0. The zero-order chi connectivity index (χ0) is 18.1. The third-order valence-corrected chi connectivity index (χ3v) is 5.40. The highest BCUT2D eigenvalue weighted by Gasteiger charge is 2.36. The number of nitrogens with zero attached hydrogens (tertiary/aromatic N) is 1. The van der Waals surface area contributed by atoms with Gasteiger partial charge in [0, 0.05) is 17.7 Å². The van der Waals surface area contributed by atoms with Gasteiger partial charge < -0.3 is 9.73 Å². The number of aryl methyl sites for hydroxylation is 1. The van der Waals surface area contributed by atoms with Gasteiger partial charge in [0.1, 0.15) is 17.2 Å². The molecule has 1 aliphatic carbocycles. The number of benzene rings is 1. The van der Waals surface area contributed by atoms with Crippen molar-refractivity contribution in [3.8, 4) is 11.3 Å². The van der Waals surface area contributed by atoms with Gasteiger partial charge in [-0.2, -0.15) is 0 Å². The van der Waals surface area contributed by atoms with Gasteiger partial charge in [-0.15, -0.1) is 0 Å². The van der Waals surface area contributed by atoms with Crippen molar-refractivity contribution >= 4 is 29.3 Å². The number of rotatable bonds is 3. The molecule has 1 N–H and O–H groups in total. The Balaban J connectivity index is 1.54. The molecule has 2 aromatic rings. The summed E-state index contributed by atoms with van der Waals surface area (Å²) in [5.74, 6) is 1.38. The Kier molecular flexibility index (Phi) is 4.64. The molecule has 2 fully saturated rings. The molecule has 4 rings (SSSR count). The average molecular weight is 366 g/mol. The summed E-state index contributed by atoms with van der Waals surface area (Å²) in [4.78, 5) is 14.6. The molecule has 2 aliphatic rings. The number of amides is 1. The lowest BCUT2D eigenvalue weighted by atomic mass is 9.94. The van der Waals surface area contributed by atoms with Crippen molar-refractivity contribution in [3.05, 3.63) is 53.4 Å². The fourth-order valence-electron chi connectivity index (χ4n) is 3.67. The van der Waals surface area contributed by atoms with Crippen molar-refractivity contribution < 1.29 is 9.21 Å². The number of nitrogens with one attached hydrogen (secondary N) is 1. The zero-order valence-corrected chi connectivity index (χ0v) is 15.6. The van der Waals surface area contributed by atoms with E-state index in [-0.39, 0.29) is 11.9 Å². The molecule has 26 heavy (non-hydrogen) atoms. The van der Waals surface area contributed by atoms with E-state index in [1.807, 2.05) is 24.3 Å². The minimum Gasteiger partial charge on any atom is -0.457 e. The SMILES string of the molecule is Cc1ccc(-c2ccc(/C=C3\NC(=S)N(C4CCCCC4)C3=O)o2)cc1. The standard InChI is InChI=1S/C21H22N2O2S/c1-14-7-9-15(10-8-14)19-12-11-17(25-19)13-18-20(24)23(21(26)22-18)16-5-3-2-4-6-16/h7-13,16H,2-6H2,1H3,(H,22,26)/b18-13-. The van der Waals surface area contributed by atoms with Crippen molar-refractivity contribution in [1.29, 1.82) is 0 Å². The zero-order valence-electron chi connectivity index (χ0n) is 14.8. The highest BCUT2D eigenvalue weighted by Crippen LogP contribution is 2.28. The summed E-state index contributed by atoms with van der Waals surface area (Å²) < 4.78 is 5.91. The summed E-state index contributed by atoms with van der Waals surface area (Å²) in [6.07, 6.45) is 7.37. The molecule has 1 aromatic carbocycles. The fourth-order valence-corrected chi connectivity index (χ4v) is 4.01. The maximum absolute atomic E-state index is 12.8. The molecule has 134 valence electrons. The molecule has 5 heteroatoms. The van der Waals surface area contributed by atoms with Gasteiger partial charge in [-0.3, -0.25) is 9.69 Å². The van der Waals surface area contributed by atoms with Crippen LogP contribution in [-0.4, -0.2) is 22.0 Å². The van der Waals surface area contributed by atoms with Crippen LogP contribution in [0, 0.1) is 6.92 Å². The third-order valence-electron chi connectivity index (χ3n) is 5.10. The highest BCUT2D eigenvalue weighted by atomic mass is 32.1. The molecule has 0 radical (unpaired) electrons. The molecule has 0 bridgehead atoms. The lowest BCUT2D eigenvalue weighted by molar-refractivity contribution is -0.124. The van der Waals surface area contributed by atoms with Gasteiger partial charge in [-0.25, -0.2) is 0 Å². The average Bonchev–Trinajstić information content (AvgIpc) is 3.21. The van der Waals surface area contributed by atoms with Gasteiger partial charge in [0.15, 0.2) is 5.11 Å². The molecule has 1 saturated carbocycles. The summed E-state index contributed by atoms with van der Waals surface area (Å²) in [5.41, 5.74) is 2.72. The number of carbonyl (C=O) groups is 1. The van der Waals surface area contributed by atoms with Gasteiger partial charge in [0.25, 0.3) is 5.91 Å². The minimum atomic E-state index is -0.0461. The quantitative estimate of drug-likeness (QED) is 0.635. The number of hydrogen-bond donors (Lipinski definition) is 1. The fraction of sp³-hybridized carbons (Fsp3) is 0.333. The monoisotopic (exact) mass is 366 g/mol. The van der Waals surface area contributed by atoms with E-state index in [0.29, 0.717) is 16.6 Å². The molecule has 1 saturated heterocycles. The van der Waals surface area contributed by atoms with Gasteiger partial charge in [0.2, 0.25) is 0 Å². The predicted octanol–water partition coefficient (Wildman–Crippen LogP) is 4.65. The lowest BCUT2D eigenvalue weighted by Gasteiger charge is -2.29. The van der Waals surface area contributed by atoms with Crippen molar-refractivity contribution in [2.45, 2.75) is 45.1 Å². The summed E-state index contributed by atoms with van der Waals surface area (Å²) >= 11 is 5.41. The summed E-state index contributed by atoms with van der Waals surface area (Å²) in [7, 11) is 0. The lowest BCUT2D eigenvalue weighted by Crippen LogP contribution is -2.41. The second kappa shape index (κ2) is 7.08. The van der Waals surface area contributed by atoms with E-state index in [1.54, 1.807) is 11.0 Å². The molecule has 1 aromatic heterocycles. The maximum Gasteiger partial charge on any atom is 0.276 e. The van der Waals surface area contributed by atoms with Crippen LogP contribution < -0.4 is 5.32 Å². The number of furan rings is 1. The summed E-state index contributed by atoms with van der Waals surface area (Å²) in [5, 5.41) is 3.58. The van der Waals surface area contributed by atoms with Crippen LogP contribution in [0.25, 0.3) is 17.4 Å². The van der Waals surface area contributed by atoms with Crippen molar-refractivity contribution in [2.24, 2.45) is 0 Å². The maximum atomic E-state index is 12.8. The van der Waals surface area contributed by atoms with E-state index in [4.69, 9.17) is 16.6 Å². The van der Waals surface area contributed by atoms with Crippen LogP contribution in [0.15, 0.2) is 46.5 Å². The Morgan fingerprint density at radius 1 is 1.12 bits per heavy atom. The molecule has 0 spiro atoms. The first-order valence-electron chi connectivity index (χ1n) is 9.15. The number of thiocarbonyl (C=S) groups is 1. The Morgan fingerprint density at radius 2 is 1.85 bits per heavy atom. The van der Waals surface area contributed by atoms with E-state index in [1.165, 1.54) is 12.0 Å². The summed E-state index contributed by atoms with van der Waals surface area (Å²) in [6, 6.07) is 12.2. The molecule has 1 amide bonds. The van der Waals surface area contributed by atoms with E-state index >= 15 is 0 Å². The van der Waals surface area contributed by atoms with Gasteiger partial charge in [0.05, 0.1) is 0 Å². The minimum absolute atomic E-state index is 0.0461. The Bertz CT molecular complexity index is 860. The first-order chi connectivity index (χ1) is 12.6. The second-order valence-electron chi connectivity index (χ2n) is 7.02. The second-order valence-corrected chi connectivity index (χ2v) is 7.41. The van der Waals surface area contributed by atoms with Crippen LogP contribution in [0.5, 0.6) is 0 Å². The van der Waals surface area contributed by atoms with Crippen molar-refractivity contribution in [2.75, 3.05) is 0 Å². The topological polar surface area (TPSA) is 45.5 Å². The van der Waals surface area contributed by atoms with Gasteiger partial charge in [-0.05, 0) is 44.1 Å². The van der Waals surface area contributed by atoms with E-state index in [9.17, 15) is 4.79 Å². The highest BCUT2D eigenvalue weighted by molar-refractivity contribution is 7.80.